The van der Waals surface area contributed by atoms with E-state index in [1.807, 2.05) is 19.1 Å². The second-order valence-corrected chi connectivity index (χ2v) is 6.55. The highest BCUT2D eigenvalue weighted by molar-refractivity contribution is 6.43. The van der Waals surface area contributed by atoms with Gasteiger partial charge >= 0.3 is 0 Å². The van der Waals surface area contributed by atoms with Crippen molar-refractivity contribution in [1.29, 1.82) is 0 Å². The van der Waals surface area contributed by atoms with Crippen LogP contribution in [-0.4, -0.2) is 15.9 Å². The van der Waals surface area contributed by atoms with Crippen LogP contribution in [0.2, 0.25) is 15.5 Å². The Hall–Kier alpha value is -2.34. The van der Waals surface area contributed by atoms with Crippen molar-refractivity contribution < 1.29 is 4.79 Å². The largest absolute Gasteiger partial charge is 0.339 e. The minimum absolute atomic E-state index is 0.0225. The third-order valence-corrected chi connectivity index (χ3v) is 4.38. The van der Waals surface area contributed by atoms with Gasteiger partial charge in [-0.25, -0.2) is 4.98 Å². The van der Waals surface area contributed by atoms with Gasteiger partial charge in [-0.15, -0.1) is 0 Å². The Morgan fingerprint density at radius 3 is 2.38 bits per heavy atom. The molecule has 0 radical (unpaired) electrons. The normalized spacial score (nSPS) is 10.5. The smallest absolute Gasteiger partial charge is 0.255 e. The van der Waals surface area contributed by atoms with Gasteiger partial charge in [-0.1, -0.05) is 47.0 Å². The third-order valence-electron chi connectivity index (χ3n) is 3.48. The lowest BCUT2D eigenvalue weighted by atomic mass is 10.1. The Balaban J connectivity index is 1.78. The molecule has 0 aliphatic carbocycles. The molecule has 0 aliphatic rings. The van der Waals surface area contributed by atoms with E-state index in [1.54, 1.807) is 36.4 Å². The van der Waals surface area contributed by atoms with E-state index in [-0.39, 0.29) is 27.2 Å². The molecule has 0 spiro atoms. The van der Waals surface area contributed by atoms with E-state index in [9.17, 15) is 4.79 Å². The number of nitrogens with zero attached hydrogens (tertiary/aromatic N) is 2. The molecule has 2 aromatic carbocycles. The summed E-state index contributed by atoms with van der Waals surface area (Å²) in [5.41, 5.74) is 2.93. The van der Waals surface area contributed by atoms with Gasteiger partial charge in [-0.2, -0.15) is 4.98 Å². The molecule has 5 nitrogen and oxygen atoms in total. The molecule has 3 rings (SSSR count). The van der Waals surface area contributed by atoms with Crippen LogP contribution < -0.4 is 10.6 Å². The second kappa shape index (κ2) is 7.91. The van der Waals surface area contributed by atoms with Crippen LogP contribution >= 0.6 is 34.8 Å². The number of aromatic nitrogens is 2. The van der Waals surface area contributed by atoms with Crippen molar-refractivity contribution >= 4 is 57.9 Å². The molecule has 3 aromatic rings. The molecule has 2 N–H and O–H groups in total. The second-order valence-electron chi connectivity index (χ2n) is 5.47. The van der Waals surface area contributed by atoms with Gasteiger partial charge in [-0.3, -0.25) is 4.79 Å². The van der Waals surface area contributed by atoms with E-state index in [2.05, 4.69) is 20.6 Å². The van der Waals surface area contributed by atoms with Crippen molar-refractivity contribution in [2.45, 2.75) is 6.92 Å². The SMILES string of the molecule is Cc1ccc(C(=O)Nc2cccc(Nc3nc(Cl)nc(Cl)c3Cl)c2)cc1. The van der Waals surface area contributed by atoms with Crippen LogP contribution in [0, 0.1) is 6.92 Å². The highest BCUT2D eigenvalue weighted by atomic mass is 35.5. The first kappa shape index (κ1) is 18.5. The molecule has 26 heavy (non-hydrogen) atoms. The average Bonchev–Trinajstić information content (AvgIpc) is 2.60. The maximum Gasteiger partial charge on any atom is 0.255 e. The van der Waals surface area contributed by atoms with Crippen LogP contribution in [0.1, 0.15) is 15.9 Å². The Bertz CT molecular complexity index is 961. The Kier molecular flexibility index (Phi) is 5.61. The summed E-state index contributed by atoms with van der Waals surface area (Å²) in [6.07, 6.45) is 0. The number of hydrogen-bond acceptors (Lipinski definition) is 4. The fourth-order valence-corrected chi connectivity index (χ4v) is 2.71. The van der Waals surface area contributed by atoms with Gasteiger partial charge in [0, 0.05) is 16.9 Å². The number of nitrogens with one attached hydrogen (secondary N) is 2. The lowest BCUT2D eigenvalue weighted by Gasteiger charge is -2.11. The number of hydrogen-bond donors (Lipinski definition) is 2. The van der Waals surface area contributed by atoms with Crippen LogP contribution in [0.3, 0.4) is 0 Å². The lowest BCUT2D eigenvalue weighted by Crippen LogP contribution is -2.11. The quantitative estimate of drug-likeness (QED) is 0.427. The first-order chi connectivity index (χ1) is 12.4. The standard InChI is InChI=1S/C18H13Cl3N4O/c1-10-5-7-11(8-6-10)17(26)23-13-4-2-3-12(9-13)22-16-14(19)15(20)24-18(21)25-16/h2-9H,1H3,(H,23,26)(H,22,24,25). The van der Waals surface area contributed by atoms with Crippen LogP contribution in [0.15, 0.2) is 48.5 Å². The fourth-order valence-electron chi connectivity index (χ4n) is 2.20. The predicted octanol–water partition coefficient (Wildman–Crippen LogP) is 5.74. The first-order valence-corrected chi connectivity index (χ1v) is 8.69. The van der Waals surface area contributed by atoms with Gasteiger partial charge in [0.15, 0.2) is 11.0 Å². The summed E-state index contributed by atoms with van der Waals surface area (Å²) < 4.78 is 0. The molecule has 0 fully saturated rings. The first-order valence-electron chi connectivity index (χ1n) is 7.56. The van der Waals surface area contributed by atoms with E-state index >= 15 is 0 Å². The summed E-state index contributed by atoms with van der Waals surface area (Å²) in [6.45, 7) is 1.97. The molecule has 0 saturated carbocycles. The molecule has 0 aliphatic heterocycles. The Morgan fingerprint density at radius 2 is 1.65 bits per heavy atom. The number of halogens is 3. The lowest BCUT2D eigenvalue weighted by molar-refractivity contribution is 0.102. The van der Waals surface area contributed by atoms with Crippen molar-refractivity contribution in [3.8, 4) is 0 Å². The van der Waals surface area contributed by atoms with E-state index in [0.29, 0.717) is 16.9 Å². The number of carbonyl (C=O) groups excluding carboxylic acids is 1. The maximum atomic E-state index is 12.3. The number of aryl methyl sites for hydroxylation is 1. The third kappa shape index (κ3) is 4.43. The summed E-state index contributed by atoms with van der Waals surface area (Å²) in [7, 11) is 0. The van der Waals surface area contributed by atoms with Gasteiger partial charge in [0.2, 0.25) is 5.28 Å². The van der Waals surface area contributed by atoms with Gasteiger partial charge in [-0.05, 0) is 48.9 Å². The van der Waals surface area contributed by atoms with Crippen molar-refractivity contribution in [1.82, 2.24) is 9.97 Å². The minimum atomic E-state index is -0.201. The topological polar surface area (TPSA) is 66.9 Å². The molecule has 8 heteroatoms. The van der Waals surface area contributed by atoms with Crippen molar-refractivity contribution in [3.63, 3.8) is 0 Å². The molecule has 132 valence electrons. The zero-order valence-corrected chi connectivity index (χ0v) is 15.8. The van der Waals surface area contributed by atoms with E-state index in [0.717, 1.165) is 5.56 Å². The summed E-state index contributed by atoms with van der Waals surface area (Å²) in [6, 6.07) is 14.4. The summed E-state index contributed by atoms with van der Waals surface area (Å²) >= 11 is 17.8. The van der Waals surface area contributed by atoms with E-state index < -0.39 is 0 Å². The van der Waals surface area contributed by atoms with Gasteiger partial charge in [0.1, 0.15) is 5.02 Å². The molecule has 0 bridgehead atoms. The molecule has 1 aromatic heterocycles. The summed E-state index contributed by atoms with van der Waals surface area (Å²) in [4.78, 5) is 20.1. The van der Waals surface area contributed by atoms with Crippen LogP contribution in [-0.2, 0) is 0 Å². The zero-order valence-electron chi connectivity index (χ0n) is 13.6. The molecular weight excluding hydrogens is 395 g/mol. The van der Waals surface area contributed by atoms with Crippen molar-refractivity contribution in [2.24, 2.45) is 0 Å². The number of carbonyl (C=O) groups is 1. The summed E-state index contributed by atoms with van der Waals surface area (Å²) in [5.74, 6) is 0.0759. The number of rotatable bonds is 4. The van der Waals surface area contributed by atoms with Crippen molar-refractivity contribution in [2.75, 3.05) is 10.6 Å². The average molecular weight is 408 g/mol. The van der Waals surface area contributed by atoms with E-state index in [4.69, 9.17) is 34.8 Å². The molecule has 1 heterocycles. The number of amides is 1. The Morgan fingerprint density at radius 1 is 0.962 bits per heavy atom. The summed E-state index contributed by atoms with van der Waals surface area (Å²) in [5, 5.41) is 6.04. The highest BCUT2D eigenvalue weighted by Gasteiger charge is 2.11. The molecule has 0 unspecified atom stereocenters. The predicted molar refractivity (Wildman–Crippen MR) is 106 cm³/mol. The van der Waals surface area contributed by atoms with Crippen LogP contribution in [0.25, 0.3) is 0 Å². The fraction of sp³-hybridized carbons (Fsp3) is 0.0556. The molecule has 0 saturated heterocycles. The monoisotopic (exact) mass is 406 g/mol. The maximum absolute atomic E-state index is 12.3. The van der Waals surface area contributed by atoms with Gasteiger partial charge in [0.05, 0.1) is 0 Å². The molecular formula is C18H13Cl3N4O. The van der Waals surface area contributed by atoms with Gasteiger partial charge < -0.3 is 10.6 Å². The van der Waals surface area contributed by atoms with Crippen LogP contribution in [0.4, 0.5) is 17.2 Å². The molecule has 0 atom stereocenters. The van der Waals surface area contributed by atoms with Gasteiger partial charge in [0.25, 0.3) is 5.91 Å². The van der Waals surface area contributed by atoms with E-state index in [1.165, 1.54) is 0 Å². The molecule has 1 amide bonds. The van der Waals surface area contributed by atoms with Crippen molar-refractivity contribution in [3.05, 3.63) is 75.1 Å². The van der Waals surface area contributed by atoms with Crippen LogP contribution in [0.5, 0.6) is 0 Å². The number of benzene rings is 2. The highest BCUT2D eigenvalue weighted by Crippen LogP contribution is 2.30. The Labute approximate surface area is 165 Å². The minimum Gasteiger partial charge on any atom is -0.339 e. The number of anilines is 3. The zero-order chi connectivity index (χ0) is 18.7.